The van der Waals surface area contributed by atoms with Gasteiger partial charge in [0.1, 0.15) is 5.75 Å². The zero-order valence-electron chi connectivity index (χ0n) is 15.8. The first-order valence-electron chi connectivity index (χ1n) is 9.39. The number of para-hydroxylation sites is 1. The van der Waals surface area contributed by atoms with Gasteiger partial charge in [0, 0.05) is 44.4 Å². The highest BCUT2D eigenvalue weighted by Gasteiger charge is 2.11. The van der Waals surface area contributed by atoms with Crippen molar-refractivity contribution >= 4 is 10.9 Å². The fourth-order valence-electron chi connectivity index (χ4n) is 3.27. The molecule has 0 aliphatic rings. The predicted octanol–water partition coefficient (Wildman–Crippen LogP) is 2.90. The molecule has 5 nitrogen and oxygen atoms in total. The highest BCUT2D eigenvalue weighted by Crippen LogP contribution is 2.16. The second-order valence-corrected chi connectivity index (χ2v) is 6.95. The summed E-state index contributed by atoms with van der Waals surface area (Å²) in [4.78, 5) is 2.12. The number of fused-ring (bicyclic) bond motifs is 1. The Morgan fingerprint density at radius 3 is 2.63 bits per heavy atom. The Morgan fingerprint density at radius 1 is 1.07 bits per heavy atom. The van der Waals surface area contributed by atoms with Crippen molar-refractivity contribution in [1.29, 1.82) is 0 Å². The highest BCUT2D eigenvalue weighted by atomic mass is 16.5. The zero-order chi connectivity index (χ0) is 19.1. The van der Waals surface area contributed by atoms with E-state index in [4.69, 9.17) is 9.84 Å². The molecule has 0 aliphatic heterocycles. The standard InChI is InChI=1S/C22H28N2O3/c1-23(15-18-7-9-21(10-8-18)27-14-4-13-25)16-20(26)17-24-12-11-19-5-2-3-6-22(19)24/h2-3,5-12,20,25-26H,4,13-17H2,1H3. The number of rotatable bonds is 10. The van der Waals surface area contributed by atoms with Crippen LogP contribution in [-0.2, 0) is 13.1 Å². The van der Waals surface area contributed by atoms with E-state index in [1.54, 1.807) is 0 Å². The van der Waals surface area contributed by atoms with Gasteiger partial charge in [-0.05, 0) is 42.3 Å². The van der Waals surface area contributed by atoms with Gasteiger partial charge >= 0.3 is 0 Å². The molecule has 0 saturated heterocycles. The number of aromatic nitrogens is 1. The maximum absolute atomic E-state index is 10.5. The first kappa shape index (κ1) is 19.4. The lowest BCUT2D eigenvalue weighted by atomic mass is 10.2. The number of aliphatic hydroxyl groups excluding tert-OH is 2. The van der Waals surface area contributed by atoms with Gasteiger partial charge < -0.3 is 19.5 Å². The minimum Gasteiger partial charge on any atom is -0.494 e. The second-order valence-electron chi connectivity index (χ2n) is 6.95. The Hall–Kier alpha value is -2.34. The van der Waals surface area contributed by atoms with Crippen molar-refractivity contribution in [3.8, 4) is 5.75 Å². The van der Waals surface area contributed by atoms with Crippen molar-refractivity contribution in [2.45, 2.75) is 25.6 Å². The van der Waals surface area contributed by atoms with Crippen molar-refractivity contribution in [2.24, 2.45) is 0 Å². The monoisotopic (exact) mass is 368 g/mol. The summed E-state index contributed by atoms with van der Waals surface area (Å²) in [6.07, 6.45) is 2.23. The molecule has 27 heavy (non-hydrogen) atoms. The molecule has 0 spiro atoms. The van der Waals surface area contributed by atoms with Gasteiger partial charge in [0.05, 0.1) is 12.7 Å². The summed E-state index contributed by atoms with van der Waals surface area (Å²) in [6, 6.07) is 18.3. The van der Waals surface area contributed by atoms with E-state index in [0.717, 1.165) is 17.8 Å². The molecule has 144 valence electrons. The summed E-state index contributed by atoms with van der Waals surface area (Å²) in [5, 5.41) is 20.5. The lowest BCUT2D eigenvalue weighted by Crippen LogP contribution is -2.31. The normalized spacial score (nSPS) is 12.6. The molecule has 1 heterocycles. The van der Waals surface area contributed by atoms with Crippen LogP contribution in [0.1, 0.15) is 12.0 Å². The lowest BCUT2D eigenvalue weighted by molar-refractivity contribution is 0.108. The number of benzene rings is 2. The fraction of sp³-hybridized carbons (Fsp3) is 0.364. The van der Waals surface area contributed by atoms with Crippen LogP contribution in [0.5, 0.6) is 5.75 Å². The van der Waals surface area contributed by atoms with Crippen molar-refractivity contribution in [3.63, 3.8) is 0 Å². The smallest absolute Gasteiger partial charge is 0.119 e. The minimum absolute atomic E-state index is 0.143. The number of nitrogens with zero attached hydrogens (tertiary/aromatic N) is 2. The summed E-state index contributed by atoms with van der Waals surface area (Å²) in [5.41, 5.74) is 2.32. The molecule has 1 atom stereocenters. The zero-order valence-corrected chi connectivity index (χ0v) is 15.8. The molecule has 2 aromatic carbocycles. The molecular weight excluding hydrogens is 340 g/mol. The third-order valence-electron chi connectivity index (χ3n) is 4.56. The van der Waals surface area contributed by atoms with Crippen LogP contribution in [-0.4, -0.2) is 52.6 Å². The first-order chi connectivity index (χ1) is 13.2. The summed E-state index contributed by atoms with van der Waals surface area (Å²) in [5.74, 6) is 0.814. The predicted molar refractivity (Wildman–Crippen MR) is 108 cm³/mol. The average molecular weight is 368 g/mol. The quantitative estimate of drug-likeness (QED) is 0.540. The number of hydrogen-bond donors (Lipinski definition) is 2. The van der Waals surface area contributed by atoms with Crippen LogP contribution in [0.25, 0.3) is 10.9 Å². The van der Waals surface area contributed by atoms with Crippen LogP contribution < -0.4 is 4.74 Å². The van der Waals surface area contributed by atoms with Crippen molar-refractivity contribution in [1.82, 2.24) is 9.47 Å². The summed E-state index contributed by atoms with van der Waals surface area (Å²) < 4.78 is 7.65. The lowest BCUT2D eigenvalue weighted by Gasteiger charge is -2.21. The van der Waals surface area contributed by atoms with Gasteiger partial charge in [-0.15, -0.1) is 0 Å². The van der Waals surface area contributed by atoms with Gasteiger partial charge in [-0.2, -0.15) is 0 Å². The molecule has 0 bridgehead atoms. The van der Waals surface area contributed by atoms with Crippen LogP contribution in [0.3, 0.4) is 0 Å². The summed E-state index contributed by atoms with van der Waals surface area (Å²) in [7, 11) is 2.02. The maximum Gasteiger partial charge on any atom is 0.119 e. The van der Waals surface area contributed by atoms with E-state index < -0.39 is 6.10 Å². The van der Waals surface area contributed by atoms with E-state index in [1.807, 2.05) is 49.6 Å². The van der Waals surface area contributed by atoms with Gasteiger partial charge in [0.15, 0.2) is 0 Å². The van der Waals surface area contributed by atoms with Crippen molar-refractivity contribution in [3.05, 3.63) is 66.4 Å². The minimum atomic E-state index is -0.438. The molecule has 3 rings (SSSR count). The first-order valence-corrected chi connectivity index (χ1v) is 9.39. The number of likely N-dealkylation sites (N-methyl/N-ethyl adjacent to an activating group) is 1. The van der Waals surface area contributed by atoms with Gasteiger partial charge in [-0.3, -0.25) is 4.90 Å². The maximum atomic E-state index is 10.5. The van der Waals surface area contributed by atoms with E-state index in [0.29, 0.717) is 26.1 Å². The van der Waals surface area contributed by atoms with E-state index in [1.165, 1.54) is 10.9 Å². The van der Waals surface area contributed by atoms with E-state index >= 15 is 0 Å². The Balaban J connectivity index is 1.49. The largest absolute Gasteiger partial charge is 0.494 e. The molecule has 0 saturated carbocycles. The van der Waals surface area contributed by atoms with Gasteiger partial charge in [-0.25, -0.2) is 0 Å². The van der Waals surface area contributed by atoms with Crippen LogP contribution in [0.15, 0.2) is 60.8 Å². The SMILES string of the molecule is CN(Cc1ccc(OCCCO)cc1)CC(O)Cn1ccc2ccccc21. The van der Waals surface area contributed by atoms with E-state index in [2.05, 4.69) is 27.7 Å². The van der Waals surface area contributed by atoms with Crippen molar-refractivity contribution < 1.29 is 14.9 Å². The molecule has 5 heteroatoms. The molecule has 3 aromatic rings. The van der Waals surface area contributed by atoms with E-state index in [9.17, 15) is 5.11 Å². The molecule has 1 aromatic heterocycles. The fourth-order valence-corrected chi connectivity index (χ4v) is 3.27. The van der Waals surface area contributed by atoms with Gasteiger partial charge in [-0.1, -0.05) is 30.3 Å². The number of ether oxygens (including phenoxy) is 1. The molecule has 1 unspecified atom stereocenters. The van der Waals surface area contributed by atoms with Crippen LogP contribution in [0.2, 0.25) is 0 Å². The number of aliphatic hydroxyl groups is 2. The Bertz CT molecular complexity index is 829. The highest BCUT2D eigenvalue weighted by molar-refractivity contribution is 5.79. The van der Waals surface area contributed by atoms with Crippen LogP contribution in [0, 0.1) is 0 Å². The van der Waals surface area contributed by atoms with Crippen molar-refractivity contribution in [2.75, 3.05) is 26.8 Å². The van der Waals surface area contributed by atoms with E-state index in [-0.39, 0.29) is 6.61 Å². The summed E-state index contributed by atoms with van der Waals surface area (Å²) >= 11 is 0. The third kappa shape index (κ3) is 5.57. The molecule has 0 amide bonds. The number of hydrogen-bond acceptors (Lipinski definition) is 4. The summed E-state index contributed by atoms with van der Waals surface area (Å²) in [6.45, 7) is 2.61. The Morgan fingerprint density at radius 2 is 1.85 bits per heavy atom. The second kappa shape index (κ2) is 9.55. The van der Waals surface area contributed by atoms with Gasteiger partial charge in [0.2, 0.25) is 0 Å². The molecule has 0 aliphatic carbocycles. The molecular formula is C22H28N2O3. The molecule has 0 radical (unpaired) electrons. The van der Waals surface area contributed by atoms with Crippen LogP contribution >= 0.6 is 0 Å². The topological polar surface area (TPSA) is 57.9 Å². The van der Waals surface area contributed by atoms with Crippen LogP contribution in [0.4, 0.5) is 0 Å². The third-order valence-corrected chi connectivity index (χ3v) is 4.56. The molecule has 0 fully saturated rings. The Labute approximate surface area is 160 Å². The van der Waals surface area contributed by atoms with Gasteiger partial charge in [0.25, 0.3) is 0 Å². The molecule has 2 N–H and O–H groups in total. The Kier molecular flexibility index (Phi) is 6.87. The average Bonchev–Trinajstić information content (AvgIpc) is 3.06.